The Labute approximate surface area is 162 Å². The topological polar surface area (TPSA) is 47.1 Å². The van der Waals surface area contributed by atoms with E-state index in [2.05, 4.69) is 9.80 Å². The molecule has 6 heteroatoms. The second-order valence-corrected chi connectivity index (χ2v) is 7.73. The Morgan fingerprint density at radius 2 is 1.44 bits per heavy atom. The van der Waals surface area contributed by atoms with Gasteiger partial charge < -0.3 is 9.80 Å². The number of carbonyl (C=O) groups is 2. The van der Waals surface area contributed by atoms with Crippen LogP contribution in [-0.2, 0) is 16.1 Å². The number of nitrogens with zero attached hydrogens (tertiary/aromatic N) is 4. The van der Waals surface area contributed by atoms with Crippen LogP contribution in [-0.4, -0.2) is 90.8 Å². The lowest BCUT2D eigenvalue weighted by atomic mass is 10.1. The van der Waals surface area contributed by atoms with Crippen LogP contribution >= 0.6 is 0 Å². The number of piperazine rings is 1. The maximum absolute atomic E-state index is 12.5. The summed E-state index contributed by atoms with van der Waals surface area (Å²) >= 11 is 0. The van der Waals surface area contributed by atoms with E-state index in [4.69, 9.17) is 0 Å². The molecule has 2 fully saturated rings. The molecule has 27 heavy (non-hydrogen) atoms. The number of rotatable bonds is 6. The molecule has 2 aliphatic rings. The molecule has 0 bridgehead atoms. The standard InChI is InChI=1S/C21H32N4O2/c1-22(16-19-8-4-2-5-9-19)20(26)17-23-12-14-24(15-13-23)18-21(27)25-10-6-3-7-11-25/h2,4-5,8-9H,3,6-7,10-18H2,1H3. The number of piperidine rings is 1. The van der Waals surface area contributed by atoms with Crippen molar-refractivity contribution in [3.63, 3.8) is 0 Å². The van der Waals surface area contributed by atoms with Crippen LogP contribution in [0.25, 0.3) is 0 Å². The minimum atomic E-state index is 0.150. The van der Waals surface area contributed by atoms with Gasteiger partial charge >= 0.3 is 0 Å². The predicted molar refractivity (Wildman–Crippen MR) is 106 cm³/mol. The van der Waals surface area contributed by atoms with Crippen molar-refractivity contribution >= 4 is 11.8 Å². The fraction of sp³-hybridized carbons (Fsp3) is 0.619. The maximum Gasteiger partial charge on any atom is 0.236 e. The van der Waals surface area contributed by atoms with Crippen molar-refractivity contribution < 1.29 is 9.59 Å². The van der Waals surface area contributed by atoms with Gasteiger partial charge in [0.15, 0.2) is 0 Å². The molecule has 0 unspecified atom stereocenters. The molecule has 3 rings (SSSR count). The normalized spacial score (nSPS) is 19.1. The van der Waals surface area contributed by atoms with Crippen molar-refractivity contribution in [1.29, 1.82) is 0 Å². The second kappa shape index (κ2) is 9.85. The highest BCUT2D eigenvalue weighted by Crippen LogP contribution is 2.10. The molecule has 2 aliphatic heterocycles. The molecule has 148 valence electrons. The van der Waals surface area contributed by atoms with Crippen molar-refractivity contribution in [3.8, 4) is 0 Å². The SMILES string of the molecule is CN(Cc1ccccc1)C(=O)CN1CCN(CC(=O)N2CCCCC2)CC1. The van der Waals surface area contributed by atoms with Crippen molar-refractivity contribution in [2.24, 2.45) is 0 Å². The van der Waals surface area contributed by atoms with E-state index >= 15 is 0 Å². The molecule has 0 atom stereocenters. The summed E-state index contributed by atoms with van der Waals surface area (Å²) in [6.07, 6.45) is 3.52. The van der Waals surface area contributed by atoms with Crippen molar-refractivity contribution in [2.45, 2.75) is 25.8 Å². The van der Waals surface area contributed by atoms with Crippen LogP contribution < -0.4 is 0 Å². The zero-order valence-electron chi connectivity index (χ0n) is 16.5. The summed E-state index contributed by atoms with van der Waals surface area (Å²) in [7, 11) is 1.86. The second-order valence-electron chi connectivity index (χ2n) is 7.73. The van der Waals surface area contributed by atoms with Gasteiger partial charge in [-0.2, -0.15) is 0 Å². The highest BCUT2D eigenvalue weighted by molar-refractivity contribution is 5.78. The number of amides is 2. The first-order chi connectivity index (χ1) is 13.1. The van der Waals surface area contributed by atoms with E-state index in [-0.39, 0.29) is 11.8 Å². The van der Waals surface area contributed by atoms with Gasteiger partial charge in [0.2, 0.25) is 11.8 Å². The molecule has 0 saturated carbocycles. The highest BCUT2D eigenvalue weighted by atomic mass is 16.2. The number of hydrogen-bond acceptors (Lipinski definition) is 4. The zero-order chi connectivity index (χ0) is 19.1. The Hall–Kier alpha value is -1.92. The lowest BCUT2D eigenvalue weighted by Gasteiger charge is -2.36. The van der Waals surface area contributed by atoms with E-state index in [1.54, 1.807) is 4.90 Å². The third-order valence-corrected chi connectivity index (χ3v) is 5.58. The molecule has 2 saturated heterocycles. The van der Waals surface area contributed by atoms with E-state index in [0.29, 0.717) is 19.6 Å². The fourth-order valence-electron chi connectivity index (χ4n) is 3.80. The van der Waals surface area contributed by atoms with Gasteiger partial charge in [-0.05, 0) is 24.8 Å². The first-order valence-corrected chi connectivity index (χ1v) is 10.1. The number of hydrogen-bond donors (Lipinski definition) is 0. The van der Waals surface area contributed by atoms with Gasteiger partial charge in [-0.15, -0.1) is 0 Å². The Bertz CT molecular complexity index is 608. The minimum Gasteiger partial charge on any atom is -0.342 e. The van der Waals surface area contributed by atoms with Crippen LogP contribution in [0.5, 0.6) is 0 Å². The molecule has 0 N–H and O–H groups in total. The molecule has 1 aromatic carbocycles. The fourth-order valence-corrected chi connectivity index (χ4v) is 3.80. The van der Waals surface area contributed by atoms with Gasteiger partial charge in [0.05, 0.1) is 13.1 Å². The Morgan fingerprint density at radius 3 is 2.07 bits per heavy atom. The lowest BCUT2D eigenvalue weighted by molar-refractivity contribution is -0.135. The number of benzene rings is 1. The number of likely N-dealkylation sites (N-methyl/N-ethyl adjacent to an activating group) is 1. The van der Waals surface area contributed by atoms with E-state index in [1.807, 2.05) is 42.3 Å². The van der Waals surface area contributed by atoms with Crippen LogP contribution in [0.15, 0.2) is 30.3 Å². The van der Waals surface area contributed by atoms with Gasteiger partial charge in [-0.1, -0.05) is 30.3 Å². The first-order valence-electron chi connectivity index (χ1n) is 10.1. The molecule has 2 heterocycles. The number of likely N-dealkylation sites (tertiary alicyclic amines) is 1. The molecular weight excluding hydrogens is 340 g/mol. The van der Waals surface area contributed by atoms with Gasteiger partial charge in [-0.3, -0.25) is 19.4 Å². The first kappa shape index (κ1) is 19.8. The summed E-state index contributed by atoms with van der Waals surface area (Å²) in [6, 6.07) is 10.1. The summed E-state index contributed by atoms with van der Waals surface area (Å²) in [4.78, 5) is 33.1. The number of carbonyl (C=O) groups excluding carboxylic acids is 2. The van der Waals surface area contributed by atoms with Crippen LogP contribution in [0, 0.1) is 0 Å². The van der Waals surface area contributed by atoms with E-state index in [1.165, 1.54) is 6.42 Å². The predicted octanol–water partition coefficient (Wildman–Crippen LogP) is 1.28. The Morgan fingerprint density at radius 1 is 0.852 bits per heavy atom. The third-order valence-electron chi connectivity index (χ3n) is 5.58. The Kier molecular flexibility index (Phi) is 7.24. The smallest absolute Gasteiger partial charge is 0.236 e. The zero-order valence-corrected chi connectivity index (χ0v) is 16.5. The van der Waals surface area contributed by atoms with Gasteiger partial charge in [0.25, 0.3) is 0 Å². The molecule has 2 amide bonds. The summed E-state index contributed by atoms with van der Waals surface area (Å²) in [6.45, 7) is 6.86. The van der Waals surface area contributed by atoms with E-state index in [0.717, 1.165) is 57.7 Å². The van der Waals surface area contributed by atoms with E-state index < -0.39 is 0 Å². The summed E-state index contributed by atoms with van der Waals surface area (Å²) in [5.74, 6) is 0.415. The minimum absolute atomic E-state index is 0.150. The van der Waals surface area contributed by atoms with Crippen LogP contribution in [0.2, 0.25) is 0 Å². The summed E-state index contributed by atoms with van der Waals surface area (Å²) < 4.78 is 0. The third kappa shape index (κ3) is 6.04. The molecule has 0 radical (unpaired) electrons. The van der Waals surface area contributed by atoms with E-state index in [9.17, 15) is 9.59 Å². The average molecular weight is 373 g/mol. The van der Waals surface area contributed by atoms with Gasteiger partial charge in [0.1, 0.15) is 0 Å². The Balaban J connectivity index is 1.37. The van der Waals surface area contributed by atoms with Crippen molar-refractivity contribution in [1.82, 2.24) is 19.6 Å². The van der Waals surface area contributed by atoms with Crippen LogP contribution in [0.1, 0.15) is 24.8 Å². The molecule has 1 aromatic rings. The monoisotopic (exact) mass is 372 g/mol. The lowest BCUT2D eigenvalue weighted by Crippen LogP contribution is -2.52. The quantitative estimate of drug-likeness (QED) is 0.755. The molecule has 0 aliphatic carbocycles. The highest BCUT2D eigenvalue weighted by Gasteiger charge is 2.24. The molecule has 6 nitrogen and oxygen atoms in total. The average Bonchev–Trinajstić information content (AvgIpc) is 2.71. The van der Waals surface area contributed by atoms with Crippen LogP contribution in [0.3, 0.4) is 0 Å². The maximum atomic E-state index is 12.5. The van der Waals surface area contributed by atoms with Gasteiger partial charge in [0, 0.05) is 52.9 Å². The molecule has 0 aromatic heterocycles. The summed E-state index contributed by atoms with van der Waals surface area (Å²) in [5, 5.41) is 0. The molecule has 0 spiro atoms. The largest absolute Gasteiger partial charge is 0.342 e. The summed E-state index contributed by atoms with van der Waals surface area (Å²) in [5.41, 5.74) is 1.15. The van der Waals surface area contributed by atoms with Gasteiger partial charge in [-0.25, -0.2) is 0 Å². The van der Waals surface area contributed by atoms with Crippen molar-refractivity contribution in [3.05, 3.63) is 35.9 Å². The molecular formula is C21H32N4O2. The van der Waals surface area contributed by atoms with Crippen molar-refractivity contribution in [2.75, 3.05) is 59.4 Å². The van der Waals surface area contributed by atoms with Crippen LogP contribution in [0.4, 0.5) is 0 Å².